The molecular formula is C22H24O4. The smallest absolute Gasteiger partial charge is 0.118 e. The molecule has 0 radical (unpaired) electrons. The SMILES string of the molecule is COc1ccc(C/C(C#CCO)=C(\CO)Cc2ccc(OC)cc2)cc1. The van der Waals surface area contributed by atoms with Gasteiger partial charge in [-0.05, 0) is 47.4 Å². The third-order valence-corrected chi connectivity index (χ3v) is 4.05. The highest BCUT2D eigenvalue weighted by Gasteiger charge is 2.08. The lowest BCUT2D eigenvalue weighted by Gasteiger charge is -2.11. The lowest BCUT2D eigenvalue weighted by molar-refractivity contribution is 0.327. The summed E-state index contributed by atoms with van der Waals surface area (Å²) in [5.41, 5.74) is 3.79. The Morgan fingerprint density at radius 1 is 0.808 bits per heavy atom. The van der Waals surface area contributed by atoms with Gasteiger partial charge in [-0.3, -0.25) is 0 Å². The van der Waals surface area contributed by atoms with Crippen molar-refractivity contribution in [1.82, 2.24) is 0 Å². The zero-order chi connectivity index (χ0) is 18.8. The van der Waals surface area contributed by atoms with Crippen LogP contribution in [0, 0.1) is 11.8 Å². The molecule has 26 heavy (non-hydrogen) atoms. The number of aliphatic hydroxyl groups excluding tert-OH is 2. The van der Waals surface area contributed by atoms with E-state index in [1.54, 1.807) is 14.2 Å². The van der Waals surface area contributed by atoms with Crippen molar-refractivity contribution in [3.05, 3.63) is 70.8 Å². The van der Waals surface area contributed by atoms with Crippen LogP contribution >= 0.6 is 0 Å². The van der Waals surface area contributed by atoms with Crippen molar-refractivity contribution in [3.63, 3.8) is 0 Å². The fourth-order valence-corrected chi connectivity index (χ4v) is 2.60. The Balaban J connectivity index is 2.28. The molecule has 0 amide bonds. The summed E-state index contributed by atoms with van der Waals surface area (Å²) >= 11 is 0. The van der Waals surface area contributed by atoms with E-state index in [-0.39, 0.29) is 13.2 Å². The van der Waals surface area contributed by atoms with Gasteiger partial charge >= 0.3 is 0 Å². The van der Waals surface area contributed by atoms with Gasteiger partial charge in [-0.25, -0.2) is 0 Å². The maximum Gasteiger partial charge on any atom is 0.118 e. The van der Waals surface area contributed by atoms with Crippen molar-refractivity contribution < 1.29 is 19.7 Å². The molecule has 0 spiro atoms. The number of allylic oxidation sites excluding steroid dienone is 1. The molecule has 0 heterocycles. The Morgan fingerprint density at radius 2 is 1.31 bits per heavy atom. The van der Waals surface area contributed by atoms with Crippen molar-refractivity contribution >= 4 is 0 Å². The Labute approximate surface area is 154 Å². The maximum absolute atomic E-state index is 9.89. The highest BCUT2D eigenvalue weighted by Crippen LogP contribution is 2.20. The van der Waals surface area contributed by atoms with E-state index in [1.165, 1.54) is 0 Å². The van der Waals surface area contributed by atoms with Crippen LogP contribution in [0.5, 0.6) is 11.5 Å². The summed E-state index contributed by atoms with van der Waals surface area (Å²) < 4.78 is 10.4. The topological polar surface area (TPSA) is 58.9 Å². The normalized spacial score (nSPS) is 11.2. The lowest BCUT2D eigenvalue weighted by atomic mass is 9.95. The monoisotopic (exact) mass is 352 g/mol. The number of benzene rings is 2. The summed E-state index contributed by atoms with van der Waals surface area (Å²) in [6.45, 7) is -0.301. The van der Waals surface area contributed by atoms with Gasteiger partial charge in [-0.1, -0.05) is 36.1 Å². The molecule has 2 N–H and O–H groups in total. The van der Waals surface area contributed by atoms with Gasteiger partial charge < -0.3 is 19.7 Å². The van der Waals surface area contributed by atoms with Gasteiger partial charge in [0.2, 0.25) is 0 Å². The van der Waals surface area contributed by atoms with Gasteiger partial charge in [-0.2, -0.15) is 0 Å². The molecule has 0 unspecified atom stereocenters. The summed E-state index contributed by atoms with van der Waals surface area (Å²) in [4.78, 5) is 0. The molecule has 0 aliphatic heterocycles. The van der Waals surface area contributed by atoms with Gasteiger partial charge in [0.25, 0.3) is 0 Å². The van der Waals surface area contributed by atoms with Crippen LogP contribution in [0.3, 0.4) is 0 Å². The standard InChI is InChI=1S/C22H24O4/c1-25-21-9-5-17(6-10-21)14-19(4-3-13-23)20(16-24)15-18-7-11-22(26-2)12-8-18/h5-12,23-24H,13-16H2,1-2H3/b20-19-. The molecule has 4 heteroatoms. The molecular weight excluding hydrogens is 328 g/mol. The van der Waals surface area contributed by atoms with Gasteiger partial charge in [-0.15, -0.1) is 0 Å². The number of aliphatic hydroxyl groups is 2. The van der Waals surface area contributed by atoms with Crippen LogP contribution in [0.1, 0.15) is 11.1 Å². The maximum atomic E-state index is 9.89. The predicted octanol–water partition coefficient (Wildman–Crippen LogP) is 2.77. The molecule has 0 bridgehead atoms. The third kappa shape index (κ3) is 5.66. The van der Waals surface area contributed by atoms with Crippen LogP contribution in [0.4, 0.5) is 0 Å². The first-order valence-electron chi connectivity index (χ1n) is 8.37. The molecule has 4 nitrogen and oxygen atoms in total. The molecule has 0 saturated heterocycles. The number of methoxy groups -OCH3 is 2. The molecule has 2 aromatic carbocycles. The Hall–Kier alpha value is -2.74. The minimum atomic E-state index is -0.215. The fraction of sp³-hybridized carbons (Fsp3) is 0.273. The van der Waals surface area contributed by atoms with Gasteiger partial charge in [0.15, 0.2) is 0 Å². The average Bonchev–Trinajstić information content (AvgIpc) is 2.70. The quantitative estimate of drug-likeness (QED) is 0.753. The molecule has 0 aromatic heterocycles. The van der Waals surface area contributed by atoms with Crippen molar-refractivity contribution in [1.29, 1.82) is 0 Å². The van der Waals surface area contributed by atoms with E-state index >= 15 is 0 Å². The molecule has 0 atom stereocenters. The van der Waals surface area contributed by atoms with E-state index in [0.29, 0.717) is 12.8 Å². The summed E-state index contributed by atoms with van der Waals surface area (Å²) in [6.07, 6.45) is 1.18. The molecule has 0 saturated carbocycles. The van der Waals surface area contributed by atoms with Gasteiger partial charge in [0.1, 0.15) is 18.1 Å². The fourth-order valence-electron chi connectivity index (χ4n) is 2.60. The first kappa shape index (κ1) is 19.6. The van der Waals surface area contributed by atoms with Crippen LogP contribution < -0.4 is 9.47 Å². The van der Waals surface area contributed by atoms with E-state index in [2.05, 4.69) is 11.8 Å². The summed E-state index contributed by atoms with van der Waals surface area (Å²) in [5, 5.41) is 18.9. The molecule has 2 rings (SSSR count). The largest absolute Gasteiger partial charge is 0.497 e. The van der Waals surface area contributed by atoms with Crippen LogP contribution in [0.15, 0.2) is 59.7 Å². The molecule has 136 valence electrons. The summed E-state index contributed by atoms with van der Waals surface area (Å²) in [5.74, 6) is 7.29. The first-order chi connectivity index (χ1) is 12.7. The Morgan fingerprint density at radius 3 is 1.73 bits per heavy atom. The van der Waals surface area contributed by atoms with E-state index in [0.717, 1.165) is 33.8 Å². The molecule has 0 fully saturated rings. The number of rotatable bonds is 7. The second-order valence-corrected chi connectivity index (χ2v) is 5.75. The van der Waals surface area contributed by atoms with E-state index < -0.39 is 0 Å². The molecule has 0 aliphatic rings. The lowest BCUT2D eigenvalue weighted by Crippen LogP contribution is -2.03. The van der Waals surface area contributed by atoms with Crippen LogP contribution in [-0.4, -0.2) is 37.6 Å². The van der Waals surface area contributed by atoms with Crippen LogP contribution in [-0.2, 0) is 12.8 Å². The molecule has 0 aliphatic carbocycles. The first-order valence-corrected chi connectivity index (χ1v) is 8.37. The summed E-state index contributed by atoms with van der Waals surface area (Å²) in [7, 11) is 3.26. The minimum Gasteiger partial charge on any atom is -0.497 e. The van der Waals surface area contributed by atoms with Crippen LogP contribution in [0.25, 0.3) is 0 Å². The number of hydrogen-bond donors (Lipinski definition) is 2. The van der Waals surface area contributed by atoms with E-state index in [4.69, 9.17) is 14.6 Å². The second-order valence-electron chi connectivity index (χ2n) is 5.75. The highest BCUT2D eigenvalue weighted by molar-refractivity contribution is 5.42. The molecule has 2 aromatic rings. The Kier molecular flexibility index (Phi) is 7.75. The van der Waals surface area contributed by atoms with E-state index in [9.17, 15) is 5.11 Å². The van der Waals surface area contributed by atoms with E-state index in [1.807, 2.05) is 48.5 Å². The Bertz CT molecular complexity index is 778. The van der Waals surface area contributed by atoms with Crippen LogP contribution in [0.2, 0.25) is 0 Å². The zero-order valence-corrected chi connectivity index (χ0v) is 15.2. The zero-order valence-electron chi connectivity index (χ0n) is 15.2. The number of ether oxygens (including phenoxy) is 2. The number of hydrogen-bond acceptors (Lipinski definition) is 4. The van der Waals surface area contributed by atoms with Gasteiger partial charge in [0.05, 0.1) is 20.8 Å². The third-order valence-electron chi connectivity index (χ3n) is 4.05. The average molecular weight is 352 g/mol. The van der Waals surface area contributed by atoms with Crippen molar-refractivity contribution in [2.45, 2.75) is 12.8 Å². The predicted molar refractivity (Wildman–Crippen MR) is 102 cm³/mol. The minimum absolute atomic E-state index is 0.0857. The van der Waals surface area contributed by atoms with Gasteiger partial charge in [0, 0.05) is 12.0 Å². The second kappa shape index (κ2) is 10.3. The van der Waals surface area contributed by atoms with Crippen molar-refractivity contribution in [2.75, 3.05) is 27.4 Å². The summed E-state index contributed by atoms with van der Waals surface area (Å²) in [6, 6.07) is 15.5. The van der Waals surface area contributed by atoms with Crippen molar-refractivity contribution in [3.8, 4) is 23.3 Å². The van der Waals surface area contributed by atoms with Crippen molar-refractivity contribution in [2.24, 2.45) is 0 Å². The highest BCUT2D eigenvalue weighted by atomic mass is 16.5.